The molecule has 3 heteroatoms. The van der Waals surface area contributed by atoms with E-state index in [1.54, 1.807) is 13.0 Å². The van der Waals surface area contributed by atoms with Gasteiger partial charge in [0.1, 0.15) is 11.6 Å². The monoisotopic (exact) mass is 252 g/mol. The van der Waals surface area contributed by atoms with Gasteiger partial charge >= 0.3 is 0 Å². The highest BCUT2D eigenvalue weighted by Crippen LogP contribution is 2.31. The predicted molar refractivity (Wildman–Crippen MR) is 69.1 cm³/mol. The summed E-state index contributed by atoms with van der Waals surface area (Å²) in [6.45, 7) is 3.89. The lowest BCUT2D eigenvalue weighted by molar-refractivity contribution is 0.126. The molecule has 100 valence electrons. The second-order valence-electron chi connectivity index (χ2n) is 5.36. The van der Waals surface area contributed by atoms with Gasteiger partial charge in [-0.25, -0.2) is 4.39 Å². The van der Waals surface area contributed by atoms with E-state index >= 15 is 0 Å². The summed E-state index contributed by atoms with van der Waals surface area (Å²) in [7, 11) is 0. The molecule has 0 saturated heterocycles. The lowest BCUT2D eigenvalue weighted by Crippen LogP contribution is -2.23. The minimum atomic E-state index is -0.710. The van der Waals surface area contributed by atoms with Gasteiger partial charge in [0.15, 0.2) is 0 Å². The van der Waals surface area contributed by atoms with Crippen molar-refractivity contribution < 1.29 is 14.2 Å². The van der Waals surface area contributed by atoms with Crippen LogP contribution in [0.15, 0.2) is 18.2 Å². The van der Waals surface area contributed by atoms with E-state index < -0.39 is 6.10 Å². The molecule has 0 spiro atoms. The molecule has 1 unspecified atom stereocenters. The fourth-order valence-electron chi connectivity index (χ4n) is 2.48. The number of hydrogen-bond donors (Lipinski definition) is 1. The average molecular weight is 252 g/mol. The van der Waals surface area contributed by atoms with Crippen LogP contribution in [0.3, 0.4) is 0 Å². The first-order valence-corrected chi connectivity index (χ1v) is 6.70. The Labute approximate surface area is 108 Å². The number of ether oxygens (including phenoxy) is 1. The van der Waals surface area contributed by atoms with Crippen LogP contribution in [0.4, 0.5) is 4.39 Å². The molecule has 2 nitrogen and oxygen atoms in total. The zero-order chi connectivity index (χ0) is 13.1. The molecule has 0 heterocycles. The van der Waals surface area contributed by atoms with Crippen molar-refractivity contribution >= 4 is 0 Å². The first kappa shape index (κ1) is 13.3. The molecule has 18 heavy (non-hydrogen) atoms. The van der Waals surface area contributed by atoms with Crippen molar-refractivity contribution in [3.63, 3.8) is 0 Å². The Bertz CT molecular complexity index is 395. The van der Waals surface area contributed by atoms with Crippen LogP contribution in [0, 0.1) is 11.7 Å². The van der Waals surface area contributed by atoms with E-state index in [0.717, 1.165) is 18.8 Å². The molecular weight excluding hydrogens is 231 g/mol. The van der Waals surface area contributed by atoms with Crippen LogP contribution >= 0.6 is 0 Å². The van der Waals surface area contributed by atoms with Crippen LogP contribution in [-0.2, 0) is 0 Å². The van der Waals surface area contributed by atoms with Crippen LogP contribution in [0.25, 0.3) is 0 Å². The highest BCUT2D eigenvalue weighted by atomic mass is 19.1. The third-order valence-electron chi connectivity index (χ3n) is 3.68. The summed E-state index contributed by atoms with van der Waals surface area (Å²) in [6, 6.07) is 4.35. The van der Waals surface area contributed by atoms with Crippen LogP contribution in [-0.4, -0.2) is 11.2 Å². The van der Waals surface area contributed by atoms with Gasteiger partial charge in [0.05, 0.1) is 12.2 Å². The molecule has 1 aliphatic rings. The Hall–Kier alpha value is -1.09. The van der Waals surface area contributed by atoms with Crippen LogP contribution in [0.5, 0.6) is 5.75 Å². The van der Waals surface area contributed by atoms with E-state index in [9.17, 15) is 9.50 Å². The van der Waals surface area contributed by atoms with E-state index in [0.29, 0.717) is 11.3 Å². The molecule has 0 aromatic heterocycles. The molecule has 0 radical (unpaired) electrons. The van der Waals surface area contributed by atoms with Crippen molar-refractivity contribution in [3.8, 4) is 5.75 Å². The molecule has 1 saturated carbocycles. The van der Waals surface area contributed by atoms with Gasteiger partial charge in [-0.15, -0.1) is 0 Å². The summed E-state index contributed by atoms with van der Waals surface area (Å²) in [4.78, 5) is 0. The number of rotatable bonds is 3. The minimum Gasteiger partial charge on any atom is -0.490 e. The van der Waals surface area contributed by atoms with Crippen molar-refractivity contribution in [3.05, 3.63) is 29.6 Å². The van der Waals surface area contributed by atoms with Gasteiger partial charge in [0.2, 0.25) is 0 Å². The normalized spacial score (nSPS) is 25.8. The summed E-state index contributed by atoms with van der Waals surface area (Å²) >= 11 is 0. The first-order chi connectivity index (χ1) is 8.56. The van der Waals surface area contributed by atoms with Crippen molar-refractivity contribution in [2.24, 2.45) is 5.92 Å². The quantitative estimate of drug-likeness (QED) is 0.885. The second-order valence-corrected chi connectivity index (χ2v) is 5.36. The Morgan fingerprint density at radius 3 is 2.56 bits per heavy atom. The van der Waals surface area contributed by atoms with Crippen LogP contribution < -0.4 is 4.74 Å². The Balaban J connectivity index is 2.09. The topological polar surface area (TPSA) is 29.5 Å². The fraction of sp³-hybridized carbons (Fsp3) is 0.600. The summed E-state index contributed by atoms with van der Waals surface area (Å²) in [5, 5.41) is 9.65. The number of aliphatic hydroxyl groups excluding tert-OH is 1. The lowest BCUT2D eigenvalue weighted by Gasteiger charge is -2.28. The number of hydrogen-bond acceptors (Lipinski definition) is 2. The summed E-state index contributed by atoms with van der Waals surface area (Å²) in [5.41, 5.74) is 0.536. The molecule has 1 N–H and O–H groups in total. The number of halogens is 1. The smallest absolute Gasteiger partial charge is 0.125 e. The van der Waals surface area contributed by atoms with Crippen molar-refractivity contribution in [1.29, 1.82) is 0 Å². The molecular formula is C15H21FO2. The minimum absolute atomic E-state index is 0.198. The molecule has 1 aromatic carbocycles. The average Bonchev–Trinajstić information content (AvgIpc) is 2.34. The van der Waals surface area contributed by atoms with Crippen molar-refractivity contribution in [2.75, 3.05) is 0 Å². The number of aliphatic hydroxyl groups is 1. The van der Waals surface area contributed by atoms with E-state index in [-0.39, 0.29) is 11.9 Å². The number of benzene rings is 1. The molecule has 1 fully saturated rings. The fourth-order valence-corrected chi connectivity index (χ4v) is 2.48. The van der Waals surface area contributed by atoms with E-state index in [4.69, 9.17) is 4.74 Å². The molecule has 1 atom stereocenters. The molecule has 1 aromatic rings. The van der Waals surface area contributed by atoms with Gasteiger partial charge in [-0.2, -0.15) is 0 Å². The summed E-state index contributed by atoms with van der Waals surface area (Å²) in [5.74, 6) is 1.05. The Kier molecular flexibility index (Phi) is 4.23. The summed E-state index contributed by atoms with van der Waals surface area (Å²) in [6.07, 6.45) is 3.92. The summed E-state index contributed by atoms with van der Waals surface area (Å²) < 4.78 is 19.1. The standard InChI is InChI=1S/C15H21FO2/c1-10-3-6-13(7-4-10)18-15-8-5-12(16)9-14(15)11(2)17/h5,8-11,13,17H,3-4,6-7H2,1-2H3. The van der Waals surface area contributed by atoms with E-state index in [1.165, 1.54) is 25.0 Å². The molecule has 1 aliphatic carbocycles. The van der Waals surface area contributed by atoms with Crippen LogP contribution in [0.2, 0.25) is 0 Å². The molecule has 0 amide bonds. The molecule has 2 rings (SSSR count). The Morgan fingerprint density at radius 2 is 1.94 bits per heavy atom. The van der Waals surface area contributed by atoms with Gasteiger partial charge in [0, 0.05) is 5.56 Å². The predicted octanol–water partition coefficient (Wildman–Crippen LogP) is 3.84. The third-order valence-corrected chi connectivity index (χ3v) is 3.68. The zero-order valence-electron chi connectivity index (χ0n) is 11.0. The van der Waals surface area contributed by atoms with Crippen molar-refractivity contribution in [1.82, 2.24) is 0 Å². The molecule has 0 bridgehead atoms. The van der Waals surface area contributed by atoms with Gasteiger partial charge in [-0.1, -0.05) is 6.92 Å². The molecule has 0 aliphatic heterocycles. The van der Waals surface area contributed by atoms with E-state index in [2.05, 4.69) is 6.92 Å². The van der Waals surface area contributed by atoms with E-state index in [1.807, 2.05) is 0 Å². The van der Waals surface area contributed by atoms with Gasteiger partial charge in [0.25, 0.3) is 0 Å². The maximum absolute atomic E-state index is 13.2. The van der Waals surface area contributed by atoms with Crippen molar-refractivity contribution in [2.45, 2.75) is 51.7 Å². The highest BCUT2D eigenvalue weighted by Gasteiger charge is 2.21. The highest BCUT2D eigenvalue weighted by molar-refractivity contribution is 5.35. The SMILES string of the molecule is CC1CCC(Oc2ccc(F)cc2C(C)O)CC1. The zero-order valence-corrected chi connectivity index (χ0v) is 11.0. The van der Waals surface area contributed by atoms with Crippen LogP contribution in [0.1, 0.15) is 51.2 Å². The first-order valence-electron chi connectivity index (χ1n) is 6.70. The van der Waals surface area contributed by atoms with Gasteiger partial charge < -0.3 is 9.84 Å². The maximum Gasteiger partial charge on any atom is 0.125 e. The lowest BCUT2D eigenvalue weighted by atomic mass is 9.89. The largest absolute Gasteiger partial charge is 0.490 e. The third kappa shape index (κ3) is 3.22. The Morgan fingerprint density at radius 1 is 1.28 bits per heavy atom. The second kappa shape index (κ2) is 5.70. The maximum atomic E-state index is 13.2. The van der Waals surface area contributed by atoms with Gasteiger partial charge in [-0.05, 0) is 56.7 Å². The van der Waals surface area contributed by atoms with Gasteiger partial charge in [-0.3, -0.25) is 0 Å².